The first-order chi connectivity index (χ1) is 7.00. The Morgan fingerprint density at radius 3 is 0.467 bits per heavy atom. The average molecular weight is 310 g/mol. The Kier molecular flexibility index (Phi) is 56400. The largest absolute Gasteiger partial charge is 1.00 e. The summed E-state index contributed by atoms with van der Waals surface area (Å²) in [5, 5.41) is 37.5. The molecule has 0 heterocycles. The van der Waals surface area contributed by atoms with Gasteiger partial charge in [-0.1, -0.05) is 0 Å². The van der Waals surface area contributed by atoms with Crippen LogP contribution >= 0.6 is 0 Å². The third-order valence-corrected chi connectivity index (χ3v) is 0. The van der Waals surface area contributed by atoms with Crippen molar-refractivity contribution in [1.29, 1.82) is 31.6 Å². The van der Waals surface area contributed by atoms with Crippen molar-refractivity contribution in [3.05, 3.63) is 39.4 Å². The second-order valence-electron chi connectivity index (χ2n) is 0. The standard InChI is InChI=1S/6CN.Co.Fe.K/c6*1-2;;;/q6*-1;;;+1. The van der Waals surface area contributed by atoms with Gasteiger partial charge in [-0.2, -0.15) is 0 Å². The molecular formula is C6CoFeKN6-5. The summed E-state index contributed by atoms with van der Waals surface area (Å²) < 4.78 is 0. The van der Waals surface area contributed by atoms with Gasteiger partial charge in [0, 0.05) is 0 Å². The van der Waals surface area contributed by atoms with E-state index in [1.165, 1.54) is 0 Å². The summed E-state index contributed by atoms with van der Waals surface area (Å²) in [6.07, 6.45) is 0. The van der Waals surface area contributed by atoms with Crippen LogP contribution in [0.2, 0.25) is 0 Å². The maximum Gasteiger partial charge on any atom is 1.00 e. The quantitative estimate of drug-likeness (QED) is 0.360. The van der Waals surface area contributed by atoms with E-state index in [4.69, 9.17) is 71.0 Å². The molecule has 0 amide bonds. The first-order valence-electron chi connectivity index (χ1n) is 1.46. The van der Waals surface area contributed by atoms with Crippen molar-refractivity contribution in [2.45, 2.75) is 0 Å². The molecule has 15 heavy (non-hydrogen) atoms. The van der Waals surface area contributed by atoms with Gasteiger partial charge in [0.1, 0.15) is 0 Å². The van der Waals surface area contributed by atoms with Gasteiger partial charge in [0.25, 0.3) is 0 Å². The minimum atomic E-state index is 0. The first-order valence-corrected chi connectivity index (χ1v) is 3.35. The van der Waals surface area contributed by atoms with Crippen LogP contribution in [0.1, 0.15) is 0 Å². The maximum absolute atomic E-state index is 6.25. The summed E-state index contributed by atoms with van der Waals surface area (Å²) in [6, 6.07) is 0. The number of hydrogen-bond acceptors (Lipinski definition) is 6. The molecular weight excluding hydrogens is 310 g/mol. The fourth-order valence-electron chi connectivity index (χ4n) is 0. The Labute approximate surface area is 147 Å². The van der Waals surface area contributed by atoms with E-state index in [1.54, 1.807) is 0 Å². The molecule has 0 radical (unpaired) electrons. The normalized spacial score (nSPS) is 1.20. The van der Waals surface area contributed by atoms with E-state index in [2.05, 4.69) is 27.1 Å². The number of nitrogens with zero attached hydrogens (tertiary/aromatic N) is 6. The fraction of sp³-hybridized carbons (Fsp3) is 0. The van der Waals surface area contributed by atoms with Crippen LogP contribution in [0.3, 0.4) is 0 Å². The fourth-order valence-corrected chi connectivity index (χ4v) is 0. The average Bonchev–Trinajstić information content (AvgIpc) is 2.45. The maximum atomic E-state index is 6.25. The molecule has 9 heteroatoms. The van der Waals surface area contributed by atoms with E-state index in [0.717, 1.165) is 0 Å². The zero-order valence-electron chi connectivity index (χ0n) is 7.37. The summed E-state index contributed by atoms with van der Waals surface area (Å²) in [7, 11) is 0. The molecule has 0 spiro atoms. The van der Waals surface area contributed by atoms with Crippen molar-refractivity contribution in [1.82, 2.24) is 0 Å². The molecule has 6 nitrogen and oxygen atoms in total. The number of rotatable bonds is 0. The molecule has 0 saturated carbocycles. The molecule has 0 saturated heterocycles. The Morgan fingerprint density at radius 2 is 0.467 bits per heavy atom. The Bertz CT molecular complexity index is 114. The van der Waals surface area contributed by atoms with Gasteiger partial charge in [0.05, 0.1) is 0 Å². The predicted octanol–water partition coefficient (Wildman–Crippen LogP) is -2.42. The predicted molar refractivity (Wildman–Crippen MR) is 29.8 cm³/mol. The van der Waals surface area contributed by atoms with E-state index in [1.807, 2.05) is 0 Å². The third kappa shape index (κ3) is 11600. The van der Waals surface area contributed by atoms with Crippen molar-refractivity contribution in [2.24, 2.45) is 0 Å². The van der Waals surface area contributed by atoms with Crippen LogP contribution in [0, 0.1) is 71.0 Å². The van der Waals surface area contributed by atoms with Crippen molar-refractivity contribution in [3.63, 3.8) is 0 Å². The molecule has 0 rings (SSSR count). The van der Waals surface area contributed by atoms with Crippen molar-refractivity contribution in [2.75, 3.05) is 0 Å². The van der Waals surface area contributed by atoms with E-state index in [0.29, 0.717) is 0 Å². The summed E-state index contributed by atoms with van der Waals surface area (Å²) in [4.78, 5) is 0. The summed E-state index contributed by atoms with van der Waals surface area (Å²) in [6.45, 7) is 28.5. The summed E-state index contributed by atoms with van der Waals surface area (Å²) in [5.41, 5.74) is 0. The van der Waals surface area contributed by atoms with Crippen LogP contribution < -0.4 is 51.4 Å². The van der Waals surface area contributed by atoms with E-state index in [-0.39, 0.29) is 51.4 Å². The van der Waals surface area contributed by atoms with Crippen LogP contribution in [0.5, 0.6) is 0 Å². The molecule has 0 aliphatic carbocycles. The monoisotopic (exact) mass is 310 g/mol. The van der Waals surface area contributed by atoms with Gasteiger partial charge in [0.2, 0.25) is 0 Å². The molecule has 0 aromatic heterocycles. The van der Waals surface area contributed by atoms with Crippen LogP contribution in [0.4, 0.5) is 0 Å². The SMILES string of the molecule is [C-]#N.[C-]#N.[C-]#N.[C-]#N.[C-]#N.[C-]#N.[Fe]=[Co].[K+]. The molecule has 0 aliphatic heterocycles. The second-order valence-corrected chi connectivity index (χ2v) is 0. The molecule has 0 atom stereocenters. The van der Waals surface area contributed by atoms with Gasteiger partial charge in [-0.3, -0.25) is 0 Å². The summed E-state index contributed by atoms with van der Waals surface area (Å²) >= 11 is 6.25. The Morgan fingerprint density at radius 1 is 0.467 bits per heavy atom. The molecule has 0 unspecified atom stereocenters. The van der Waals surface area contributed by atoms with E-state index in [9.17, 15) is 0 Å². The Balaban J connectivity index is -0.00000000628. The van der Waals surface area contributed by atoms with Crippen LogP contribution in [-0.2, 0) is 27.1 Å². The zero-order chi connectivity index (χ0) is 14.0. The van der Waals surface area contributed by atoms with Crippen LogP contribution in [-0.4, -0.2) is 0 Å². The topological polar surface area (TPSA) is 143 Å². The van der Waals surface area contributed by atoms with Crippen molar-refractivity contribution >= 4 is 0 Å². The minimum Gasteiger partial charge on any atom is 1.00 e. The molecule has 0 aliphatic rings. The zero-order valence-corrected chi connectivity index (χ0v) is 12.6. The van der Waals surface area contributed by atoms with Gasteiger partial charge in [-0.25, -0.2) is 0 Å². The molecule has 0 aromatic rings. The van der Waals surface area contributed by atoms with Gasteiger partial charge in [-0.05, 0) is 0 Å². The molecule has 0 fully saturated rings. The van der Waals surface area contributed by atoms with Gasteiger partial charge in [0.15, 0.2) is 0 Å². The Hall–Kier alpha value is -0.398. The van der Waals surface area contributed by atoms with Gasteiger partial charge < -0.3 is 71.0 Å². The van der Waals surface area contributed by atoms with Crippen molar-refractivity contribution in [3.8, 4) is 0 Å². The third-order valence-electron chi connectivity index (χ3n) is 0. The van der Waals surface area contributed by atoms with Crippen molar-refractivity contribution < 1.29 is 78.5 Å². The first kappa shape index (κ1) is 62.0. The smallest absolute Gasteiger partial charge is 1.00 e. The number of hydrogen-bond donors (Lipinski definition) is 0. The molecule has 0 aromatic carbocycles. The van der Waals surface area contributed by atoms with Crippen LogP contribution in [0.25, 0.3) is 0 Å². The minimum absolute atomic E-state index is 0. The molecule has 0 N–H and O–H groups in total. The van der Waals surface area contributed by atoms with E-state index >= 15 is 0 Å². The second kappa shape index (κ2) is 13700. The van der Waals surface area contributed by atoms with Gasteiger partial charge >= 0.3 is 78.5 Å². The van der Waals surface area contributed by atoms with E-state index < -0.39 is 0 Å². The molecule has 77 valence electrons. The molecule has 0 bridgehead atoms. The van der Waals surface area contributed by atoms with Gasteiger partial charge in [-0.15, -0.1) is 0 Å². The summed E-state index contributed by atoms with van der Waals surface area (Å²) in [5.74, 6) is 0. The van der Waals surface area contributed by atoms with Crippen LogP contribution in [0.15, 0.2) is 0 Å².